The summed E-state index contributed by atoms with van der Waals surface area (Å²) in [7, 11) is 0. The summed E-state index contributed by atoms with van der Waals surface area (Å²) in [5.41, 5.74) is 1.12. The van der Waals surface area contributed by atoms with Crippen molar-refractivity contribution in [3.8, 4) is 0 Å². The SMILES string of the molecule is C[C@H](OC(=O)c1ccccc1)c1ccc(C2(NC(=O)OC(C)(C)C)CC2)cc1Cl. The van der Waals surface area contributed by atoms with Gasteiger partial charge in [-0.15, -0.1) is 0 Å². The maximum Gasteiger partial charge on any atom is 0.408 e. The van der Waals surface area contributed by atoms with E-state index >= 15 is 0 Å². The Kier molecular flexibility index (Phi) is 5.90. The standard InChI is InChI=1S/C23H26ClNO4/c1-15(28-20(26)16-8-6-5-7-9-16)18-11-10-17(14-19(18)24)23(12-13-23)25-21(27)29-22(2,3)4/h5-11,14-15H,12-13H2,1-4H3,(H,25,27)/t15-/m0/s1. The third-order valence-electron chi connectivity index (χ3n) is 4.77. The first-order chi connectivity index (χ1) is 13.6. The van der Waals surface area contributed by atoms with Crippen LogP contribution >= 0.6 is 11.6 Å². The van der Waals surface area contributed by atoms with Crippen LogP contribution in [-0.2, 0) is 15.0 Å². The molecule has 29 heavy (non-hydrogen) atoms. The lowest BCUT2D eigenvalue weighted by atomic mass is 10.0. The fourth-order valence-corrected chi connectivity index (χ4v) is 3.46. The summed E-state index contributed by atoms with van der Waals surface area (Å²) in [4.78, 5) is 24.5. The van der Waals surface area contributed by atoms with Crippen LogP contribution in [0.25, 0.3) is 0 Å². The Hall–Kier alpha value is -2.53. The smallest absolute Gasteiger partial charge is 0.408 e. The number of amides is 1. The van der Waals surface area contributed by atoms with Crippen LogP contribution in [0, 0.1) is 0 Å². The van der Waals surface area contributed by atoms with Gasteiger partial charge in [0.25, 0.3) is 0 Å². The van der Waals surface area contributed by atoms with Crippen molar-refractivity contribution in [1.82, 2.24) is 5.32 Å². The van der Waals surface area contributed by atoms with Crippen LogP contribution in [-0.4, -0.2) is 17.7 Å². The number of nitrogens with one attached hydrogen (secondary N) is 1. The Balaban J connectivity index is 1.70. The number of benzene rings is 2. The van der Waals surface area contributed by atoms with Gasteiger partial charge in [0.1, 0.15) is 11.7 Å². The summed E-state index contributed by atoms with van der Waals surface area (Å²) in [6.45, 7) is 7.27. The highest BCUT2D eigenvalue weighted by atomic mass is 35.5. The molecule has 0 heterocycles. The highest BCUT2D eigenvalue weighted by Gasteiger charge is 2.46. The number of hydrogen-bond acceptors (Lipinski definition) is 4. The average Bonchev–Trinajstić information content (AvgIpc) is 3.41. The molecule has 1 atom stereocenters. The summed E-state index contributed by atoms with van der Waals surface area (Å²) in [6, 6.07) is 14.4. The third-order valence-corrected chi connectivity index (χ3v) is 5.10. The van der Waals surface area contributed by atoms with Crippen LogP contribution in [0.1, 0.15) is 68.1 Å². The normalized spacial score (nSPS) is 15.9. The lowest BCUT2D eigenvalue weighted by Gasteiger charge is -2.24. The first-order valence-electron chi connectivity index (χ1n) is 9.67. The molecule has 154 valence electrons. The zero-order valence-corrected chi connectivity index (χ0v) is 17.9. The fraction of sp³-hybridized carbons (Fsp3) is 0.391. The maximum absolute atomic E-state index is 12.3. The molecule has 0 radical (unpaired) electrons. The van der Waals surface area contributed by atoms with Gasteiger partial charge in [-0.05, 0) is 64.3 Å². The van der Waals surface area contributed by atoms with Gasteiger partial charge in [0.15, 0.2) is 0 Å². The van der Waals surface area contributed by atoms with Crippen molar-refractivity contribution in [1.29, 1.82) is 0 Å². The van der Waals surface area contributed by atoms with E-state index in [0.29, 0.717) is 16.1 Å². The molecular weight excluding hydrogens is 390 g/mol. The highest BCUT2D eigenvalue weighted by molar-refractivity contribution is 6.31. The number of ether oxygens (including phenoxy) is 2. The molecule has 1 saturated carbocycles. The summed E-state index contributed by atoms with van der Waals surface area (Å²) in [5.74, 6) is -0.400. The van der Waals surface area contributed by atoms with Crippen LogP contribution in [0.3, 0.4) is 0 Å². The summed E-state index contributed by atoms with van der Waals surface area (Å²) in [6.07, 6.45) is 0.694. The minimum atomic E-state index is -0.556. The van der Waals surface area contributed by atoms with E-state index in [4.69, 9.17) is 21.1 Å². The molecule has 5 nitrogen and oxygen atoms in total. The topological polar surface area (TPSA) is 64.6 Å². The first-order valence-corrected chi connectivity index (χ1v) is 10.0. The highest BCUT2D eigenvalue weighted by Crippen LogP contribution is 2.47. The molecule has 0 bridgehead atoms. The number of esters is 1. The zero-order valence-electron chi connectivity index (χ0n) is 17.1. The minimum Gasteiger partial charge on any atom is -0.454 e. The fourth-order valence-electron chi connectivity index (χ4n) is 3.13. The number of carbonyl (C=O) groups excluding carboxylic acids is 2. The Morgan fingerprint density at radius 1 is 1.10 bits per heavy atom. The van der Waals surface area contributed by atoms with Crippen molar-refractivity contribution in [3.05, 3.63) is 70.2 Å². The Bertz CT molecular complexity index is 901. The lowest BCUT2D eigenvalue weighted by Crippen LogP contribution is -2.39. The molecule has 1 fully saturated rings. The van der Waals surface area contributed by atoms with E-state index < -0.39 is 29.3 Å². The van der Waals surface area contributed by atoms with Crippen molar-refractivity contribution < 1.29 is 19.1 Å². The molecule has 3 rings (SSSR count). The molecule has 0 aliphatic heterocycles. The van der Waals surface area contributed by atoms with Crippen LogP contribution in [0.4, 0.5) is 4.79 Å². The monoisotopic (exact) mass is 415 g/mol. The van der Waals surface area contributed by atoms with E-state index in [1.807, 2.05) is 45.0 Å². The van der Waals surface area contributed by atoms with Crippen molar-refractivity contribution in [2.75, 3.05) is 0 Å². The first kappa shape index (κ1) is 21.2. The number of alkyl carbamates (subject to hydrolysis) is 1. The largest absolute Gasteiger partial charge is 0.454 e. The van der Waals surface area contributed by atoms with Gasteiger partial charge in [-0.1, -0.05) is 41.9 Å². The number of halogens is 1. The van der Waals surface area contributed by atoms with Crippen LogP contribution in [0.5, 0.6) is 0 Å². The van der Waals surface area contributed by atoms with E-state index in [2.05, 4.69) is 5.32 Å². The summed E-state index contributed by atoms with van der Waals surface area (Å²) in [5, 5.41) is 3.46. The van der Waals surface area contributed by atoms with Crippen molar-refractivity contribution in [2.45, 2.75) is 57.8 Å². The van der Waals surface area contributed by atoms with Gasteiger partial charge in [0, 0.05) is 10.6 Å². The van der Waals surface area contributed by atoms with Gasteiger partial charge in [-0.3, -0.25) is 0 Å². The quantitative estimate of drug-likeness (QED) is 0.629. The molecule has 6 heteroatoms. The molecule has 0 aromatic heterocycles. The van der Waals surface area contributed by atoms with Crippen molar-refractivity contribution in [2.24, 2.45) is 0 Å². The van der Waals surface area contributed by atoms with E-state index in [-0.39, 0.29) is 0 Å². The Morgan fingerprint density at radius 3 is 2.31 bits per heavy atom. The summed E-state index contributed by atoms with van der Waals surface area (Å²) >= 11 is 6.50. The van der Waals surface area contributed by atoms with Gasteiger partial charge in [-0.25, -0.2) is 9.59 Å². The third kappa shape index (κ3) is 5.30. The Labute approximate surface area is 176 Å². The van der Waals surface area contributed by atoms with Gasteiger partial charge in [0.2, 0.25) is 0 Å². The van der Waals surface area contributed by atoms with Crippen LogP contribution in [0.2, 0.25) is 5.02 Å². The summed E-state index contributed by atoms with van der Waals surface area (Å²) < 4.78 is 10.9. The predicted molar refractivity (Wildman–Crippen MR) is 112 cm³/mol. The van der Waals surface area contributed by atoms with Gasteiger partial charge in [-0.2, -0.15) is 0 Å². The second-order valence-electron chi connectivity index (χ2n) is 8.36. The molecule has 1 aliphatic rings. The van der Waals surface area contributed by atoms with E-state index in [9.17, 15) is 9.59 Å². The van der Waals surface area contributed by atoms with Crippen molar-refractivity contribution in [3.63, 3.8) is 0 Å². The van der Waals surface area contributed by atoms with Gasteiger partial charge >= 0.3 is 12.1 Å². The maximum atomic E-state index is 12.3. The molecule has 1 aliphatic carbocycles. The minimum absolute atomic E-state index is 0.400. The van der Waals surface area contributed by atoms with Crippen LogP contribution in [0.15, 0.2) is 48.5 Å². The van der Waals surface area contributed by atoms with E-state index in [0.717, 1.165) is 18.4 Å². The molecule has 0 saturated heterocycles. The predicted octanol–water partition coefficient (Wildman–Crippen LogP) is 5.77. The van der Waals surface area contributed by atoms with Gasteiger partial charge in [0.05, 0.1) is 11.1 Å². The second kappa shape index (κ2) is 8.07. The van der Waals surface area contributed by atoms with Crippen molar-refractivity contribution >= 4 is 23.7 Å². The number of carbonyl (C=O) groups is 2. The molecule has 2 aromatic carbocycles. The average molecular weight is 416 g/mol. The van der Waals surface area contributed by atoms with Gasteiger partial charge < -0.3 is 14.8 Å². The van der Waals surface area contributed by atoms with Crippen LogP contribution < -0.4 is 5.32 Å². The number of rotatable bonds is 5. The van der Waals surface area contributed by atoms with E-state index in [1.165, 1.54) is 0 Å². The molecule has 0 unspecified atom stereocenters. The molecule has 0 spiro atoms. The zero-order chi connectivity index (χ0) is 21.2. The second-order valence-corrected chi connectivity index (χ2v) is 8.77. The molecular formula is C23H26ClNO4. The number of hydrogen-bond donors (Lipinski definition) is 1. The molecule has 2 aromatic rings. The lowest BCUT2D eigenvalue weighted by molar-refractivity contribution is 0.0337. The van der Waals surface area contributed by atoms with E-state index in [1.54, 1.807) is 31.2 Å². The Morgan fingerprint density at radius 2 is 1.76 bits per heavy atom. The molecule has 1 amide bonds. The molecule has 1 N–H and O–H groups in total.